The van der Waals surface area contributed by atoms with E-state index in [2.05, 4.69) is 48.5 Å². The maximum absolute atomic E-state index is 6.04. The molecule has 1 saturated heterocycles. The summed E-state index contributed by atoms with van der Waals surface area (Å²) in [7, 11) is 0. The van der Waals surface area contributed by atoms with Crippen LogP contribution in [0, 0.1) is 0 Å². The van der Waals surface area contributed by atoms with E-state index in [4.69, 9.17) is 14.2 Å². The molecule has 0 aromatic heterocycles. The van der Waals surface area contributed by atoms with E-state index in [1.54, 1.807) is 0 Å². The summed E-state index contributed by atoms with van der Waals surface area (Å²) in [6, 6.07) is 0. The fourth-order valence-electron chi connectivity index (χ4n) is 1.98. The molecule has 0 N–H and O–H groups in total. The summed E-state index contributed by atoms with van der Waals surface area (Å²) in [5, 5.41) is 0. The van der Waals surface area contributed by atoms with Crippen molar-refractivity contribution < 1.29 is 14.2 Å². The Morgan fingerprint density at radius 3 is 2.12 bits per heavy atom. The van der Waals surface area contributed by atoms with Crippen molar-refractivity contribution in [2.24, 2.45) is 0 Å². The molecule has 2 unspecified atom stereocenters. The average molecular weight is 244 g/mol. The van der Waals surface area contributed by atoms with Crippen LogP contribution in [0.2, 0.25) is 0 Å². The highest BCUT2D eigenvalue weighted by Gasteiger charge is 2.37. The first-order chi connectivity index (χ1) is 7.57. The van der Waals surface area contributed by atoms with Gasteiger partial charge in [0, 0.05) is 6.42 Å². The second kappa shape index (κ2) is 5.25. The molecule has 0 saturated carbocycles. The van der Waals surface area contributed by atoms with Gasteiger partial charge in [0.15, 0.2) is 0 Å². The van der Waals surface area contributed by atoms with Gasteiger partial charge in [0.25, 0.3) is 0 Å². The third kappa shape index (κ3) is 5.84. The van der Waals surface area contributed by atoms with E-state index in [9.17, 15) is 0 Å². The van der Waals surface area contributed by atoms with Gasteiger partial charge < -0.3 is 14.2 Å². The molecule has 1 aliphatic rings. The normalized spacial score (nSPS) is 30.9. The molecule has 102 valence electrons. The Morgan fingerprint density at radius 1 is 1.06 bits per heavy atom. The van der Waals surface area contributed by atoms with Gasteiger partial charge in [0.2, 0.25) is 0 Å². The molecule has 0 bridgehead atoms. The molecule has 17 heavy (non-hydrogen) atoms. The highest BCUT2D eigenvalue weighted by Crippen LogP contribution is 2.28. The average Bonchev–Trinajstić information content (AvgIpc) is 2.38. The van der Waals surface area contributed by atoms with Crippen molar-refractivity contribution in [2.75, 3.05) is 6.61 Å². The molecule has 3 heteroatoms. The summed E-state index contributed by atoms with van der Waals surface area (Å²) in [6.07, 6.45) is 1.42. The summed E-state index contributed by atoms with van der Waals surface area (Å²) < 4.78 is 17.7. The van der Waals surface area contributed by atoms with E-state index in [-0.39, 0.29) is 29.5 Å². The molecular formula is C14H28O3. The van der Waals surface area contributed by atoms with Gasteiger partial charge in [-0.1, -0.05) is 0 Å². The van der Waals surface area contributed by atoms with Gasteiger partial charge >= 0.3 is 0 Å². The van der Waals surface area contributed by atoms with Crippen LogP contribution >= 0.6 is 0 Å². The summed E-state index contributed by atoms with van der Waals surface area (Å²) in [5.41, 5.74) is -0.250. The van der Waals surface area contributed by atoms with Crippen LogP contribution in [0.4, 0.5) is 0 Å². The monoisotopic (exact) mass is 244 g/mol. The minimum Gasteiger partial charge on any atom is -0.373 e. The number of hydrogen-bond donors (Lipinski definition) is 0. The Labute approximate surface area is 106 Å². The molecule has 1 aliphatic heterocycles. The van der Waals surface area contributed by atoms with E-state index in [1.165, 1.54) is 0 Å². The quantitative estimate of drug-likeness (QED) is 0.763. The zero-order valence-corrected chi connectivity index (χ0v) is 12.4. The lowest BCUT2D eigenvalue weighted by Crippen LogP contribution is -2.37. The van der Waals surface area contributed by atoms with Gasteiger partial charge in [-0.25, -0.2) is 0 Å². The zero-order valence-electron chi connectivity index (χ0n) is 12.4. The van der Waals surface area contributed by atoms with Crippen molar-refractivity contribution in [2.45, 2.75) is 84.4 Å². The van der Waals surface area contributed by atoms with E-state index in [0.29, 0.717) is 6.61 Å². The molecule has 3 atom stereocenters. The third-order valence-electron chi connectivity index (χ3n) is 2.57. The first-order valence-electron chi connectivity index (χ1n) is 6.54. The lowest BCUT2D eigenvalue weighted by Gasteiger charge is -2.29. The molecule has 0 spiro atoms. The standard InChI is InChI=1S/C14H28O3/c1-10-8-11(17-14(5,6)7)12(16-10)9-15-13(2,3)4/h10-12H,8-9H2,1-7H3/t10?,11?,12-/m1/s1. The molecule has 0 radical (unpaired) electrons. The Balaban J connectivity index is 2.51. The summed E-state index contributed by atoms with van der Waals surface area (Å²) in [5.74, 6) is 0. The smallest absolute Gasteiger partial charge is 0.107 e. The van der Waals surface area contributed by atoms with Gasteiger partial charge in [0.1, 0.15) is 6.10 Å². The molecule has 0 aromatic carbocycles. The predicted octanol–water partition coefficient (Wildman–Crippen LogP) is 3.16. The molecule has 0 aromatic rings. The maximum Gasteiger partial charge on any atom is 0.107 e. The number of ether oxygens (including phenoxy) is 3. The van der Waals surface area contributed by atoms with E-state index in [1.807, 2.05) is 0 Å². The molecular weight excluding hydrogens is 216 g/mol. The van der Waals surface area contributed by atoms with Crippen LogP contribution in [0.25, 0.3) is 0 Å². The summed E-state index contributed by atoms with van der Waals surface area (Å²) >= 11 is 0. The second-order valence-corrected chi connectivity index (χ2v) is 6.91. The van der Waals surface area contributed by atoms with Crippen molar-refractivity contribution in [3.63, 3.8) is 0 Å². The topological polar surface area (TPSA) is 27.7 Å². The van der Waals surface area contributed by atoms with Crippen LogP contribution in [0.5, 0.6) is 0 Å². The zero-order chi connectivity index (χ0) is 13.3. The molecule has 0 aliphatic carbocycles. The van der Waals surface area contributed by atoms with Crippen molar-refractivity contribution in [1.82, 2.24) is 0 Å². The van der Waals surface area contributed by atoms with Crippen LogP contribution in [-0.4, -0.2) is 36.1 Å². The van der Waals surface area contributed by atoms with Crippen molar-refractivity contribution >= 4 is 0 Å². The number of rotatable bonds is 3. The van der Waals surface area contributed by atoms with Gasteiger partial charge in [-0.3, -0.25) is 0 Å². The first-order valence-corrected chi connectivity index (χ1v) is 6.54. The Bertz CT molecular complexity index is 237. The van der Waals surface area contributed by atoms with Crippen LogP contribution in [-0.2, 0) is 14.2 Å². The fourth-order valence-corrected chi connectivity index (χ4v) is 1.98. The maximum atomic E-state index is 6.04. The van der Waals surface area contributed by atoms with Gasteiger partial charge in [-0.05, 0) is 48.5 Å². The Kier molecular flexibility index (Phi) is 4.61. The third-order valence-corrected chi connectivity index (χ3v) is 2.57. The van der Waals surface area contributed by atoms with E-state index >= 15 is 0 Å². The fraction of sp³-hybridized carbons (Fsp3) is 1.00. The molecule has 1 heterocycles. The van der Waals surface area contributed by atoms with E-state index < -0.39 is 0 Å². The van der Waals surface area contributed by atoms with Crippen LogP contribution < -0.4 is 0 Å². The molecule has 1 fully saturated rings. The predicted molar refractivity (Wildman–Crippen MR) is 69.3 cm³/mol. The molecule has 1 rings (SSSR count). The highest BCUT2D eigenvalue weighted by molar-refractivity contribution is 4.84. The van der Waals surface area contributed by atoms with Crippen molar-refractivity contribution in [1.29, 1.82) is 0 Å². The second-order valence-electron chi connectivity index (χ2n) is 6.91. The van der Waals surface area contributed by atoms with Crippen molar-refractivity contribution in [3.05, 3.63) is 0 Å². The van der Waals surface area contributed by atoms with Crippen LogP contribution in [0.15, 0.2) is 0 Å². The minimum absolute atomic E-state index is 0.0587. The van der Waals surface area contributed by atoms with Gasteiger partial charge in [0.05, 0.1) is 30.0 Å². The number of hydrogen-bond acceptors (Lipinski definition) is 3. The summed E-state index contributed by atoms with van der Waals surface area (Å²) in [4.78, 5) is 0. The minimum atomic E-state index is -0.127. The van der Waals surface area contributed by atoms with Crippen molar-refractivity contribution in [3.8, 4) is 0 Å². The molecule has 0 amide bonds. The van der Waals surface area contributed by atoms with Crippen LogP contribution in [0.1, 0.15) is 54.9 Å². The summed E-state index contributed by atoms with van der Waals surface area (Å²) in [6.45, 7) is 15.1. The largest absolute Gasteiger partial charge is 0.373 e. The SMILES string of the molecule is CC1CC(OC(C)(C)C)[C@@H](COC(C)(C)C)O1. The van der Waals surface area contributed by atoms with E-state index in [0.717, 1.165) is 6.42 Å². The highest BCUT2D eigenvalue weighted by atomic mass is 16.6. The molecule has 3 nitrogen and oxygen atoms in total. The Hall–Kier alpha value is -0.120. The Morgan fingerprint density at radius 2 is 1.65 bits per heavy atom. The first kappa shape index (κ1) is 14.9. The van der Waals surface area contributed by atoms with Crippen LogP contribution in [0.3, 0.4) is 0 Å². The lowest BCUT2D eigenvalue weighted by molar-refractivity contribution is -0.127. The lowest BCUT2D eigenvalue weighted by atomic mass is 10.1. The van der Waals surface area contributed by atoms with Gasteiger partial charge in [-0.2, -0.15) is 0 Å². The van der Waals surface area contributed by atoms with Gasteiger partial charge in [-0.15, -0.1) is 0 Å².